The van der Waals surface area contributed by atoms with Crippen LogP contribution in [-0.2, 0) is 0 Å². The number of hydrogen-bond acceptors (Lipinski definition) is 2. The van der Waals surface area contributed by atoms with Crippen molar-refractivity contribution in [3.8, 4) is 0 Å². The number of pyridine rings is 1. The SMILES string of the molecule is Cc1nc(Cl)ccc1NCC1CCCC1. The standard InChI is InChI=1S/C12H17ClN2/c1-9-11(6-7-12(13)15-9)14-8-10-4-2-3-5-10/h6-7,10,14H,2-5,8H2,1H3. The molecule has 0 unspecified atom stereocenters. The number of hydrogen-bond donors (Lipinski definition) is 1. The van der Waals surface area contributed by atoms with Crippen LogP contribution in [0.25, 0.3) is 0 Å². The van der Waals surface area contributed by atoms with Crippen LogP contribution in [-0.4, -0.2) is 11.5 Å². The van der Waals surface area contributed by atoms with E-state index in [1.807, 2.05) is 19.1 Å². The molecule has 1 saturated carbocycles. The molecule has 1 aliphatic carbocycles. The Balaban J connectivity index is 1.92. The number of rotatable bonds is 3. The van der Waals surface area contributed by atoms with Crippen LogP contribution in [0.4, 0.5) is 5.69 Å². The largest absolute Gasteiger partial charge is 0.383 e. The van der Waals surface area contributed by atoms with Crippen molar-refractivity contribution in [2.45, 2.75) is 32.6 Å². The van der Waals surface area contributed by atoms with Crippen molar-refractivity contribution in [2.75, 3.05) is 11.9 Å². The van der Waals surface area contributed by atoms with Crippen LogP contribution in [0.1, 0.15) is 31.4 Å². The Morgan fingerprint density at radius 3 is 2.80 bits per heavy atom. The molecule has 0 amide bonds. The van der Waals surface area contributed by atoms with Gasteiger partial charge in [0, 0.05) is 6.54 Å². The molecular formula is C12H17ClN2. The Morgan fingerprint density at radius 1 is 1.40 bits per heavy atom. The van der Waals surface area contributed by atoms with Gasteiger partial charge in [-0.2, -0.15) is 0 Å². The lowest BCUT2D eigenvalue weighted by Crippen LogP contribution is -2.12. The van der Waals surface area contributed by atoms with Crippen molar-refractivity contribution in [2.24, 2.45) is 5.92 Å². The minimum atomic E-state index is 0.568. The van der Waals surface area contributed by atoms with Gasteiger partial charge < -0.3 is 5.32 Å². The van der Waals surface area contributed by atoms with Crippen molar-refractivity contribution in [3.63, 3.8) is 0 Å². The maximum absolute atomic E-state index is 5.81. The number of nitrogens with zero attached hydrogens (tertiary/aromatic N) is 1. The maximum atomic E-state index is 5.81. The first-order chi connectivity index (χ1) is 7.25. The van der Waals surface area contributed by atoms with E-state index >= 15 is 0 Å². The maximum Gasteiger partial charge on any atom is 0.129 e. The van der Waals surface area contributed by atoms with Gasteiger partial charge in [0.2, 0.25) is 0 Å². The molecule has 0 radical (unpaired) electrons. The predicted octanol–water partition coefficient (Wildman–Crippen LogP) is 3.65. The fraction of sp³-hybridized carbons (Fsp3) is 0.583. The Morgan fingerprint density at radius 2 is 2.13 bits per heavy atom. The van der Waals surface area contributed by atoms with Crippen LogP contribution in [0.5, 0.6) is 0 Å². The van der Waals surface area contributed by atoms with Crippen LogP contribution >= 0.6 is 11.6 Å². The van der Waals surface area contributed by atoms with E-state index in [2.05, 4.69) is 10.3 Å². The van der Waals surface area contributed by atoms with E-state index in [-0.39, 0.29) is 0 Å². The van der Waals surface area contributed by atoms with E-state index in [1.54, 1.807) is 0 Å². The van der Waals surface area contributed by atoms with Gasteiger partial charge >= 0.3 is 0 Å². The van der Waals surface area contributed by atoms with Crippen LogP contribution in [0.3, 0.4) is 0 Å². The van der Waals surface area contributed by atoms with Gasteiger partial charge in [-0.05, 0) is 37.8 Å². The highest BCUT2D eigenvalue weighted by Gasteiger charge is 2.14. The van der Waals surface area contributed by atoms with Gasteiger partial charge in [-0.25, -0.2) is 4.98 Å². The summed E-state index contributed by atoms with van der Waals surface area (Å²) in [5.74, 6) is 0.847. The van der Waals surface area contributed by atoms with Gasteiger partial charge in [0.25, 0.3) is 0 Å². The van der Waals surface area contributed by atoms with Crippen LogP contribution in [0.15, 0.2) is 12.1 Å². The van der Waals surface area contributed by atoms with Gasteiger partial charge in [0.15, 0.2) is 0 Å². The monoisotopic (exact) mass is 224 g/mol. The normalized spacial score (nSPS) is 16.9. The Hall–Kier alpha value is -0.760. The third-order valence-corrected chi connectivity index (χ3v) is 3.32. The molecule has 15 heavy (non-hydrogen) atoms. The quantitative estimate of drug-likeness (QED) is 0.793. The van der Waals surface area contributed by atoms with Crippen LogP contribution in [0.2, 0.25) is 5.15 Å². The molecule has 0 saturated heterocycles. The minimum absolute atomic E-state index is 0.568. The van der Waals surface area contributed by atoms with Gasteiger partial charge in [-0.1, -0.05) is 24.4 Å². The molecule has 3 heteroatoms. The molecule has 82 valence electrons. The second-order valence-corrected chi connectivity index (χ2v) is 4.69. The van der Waals surface area contributed by atoms with E-state index in [1.165, 1.54) is 25.7 Å². The Bertz CT molecular complexity index is 332. The van der Waals surface area contributed by atoms with Crippen LogP contribution < -0.4 is 5.32 Å². The highest BCUT2D eigenvalue weighted by Crippen LogP contribution is 2.25. The first-order valence-electron chi connectivity index (χ1n) is 5.63. The zero-order valence-electron chi connectivity index (χ0n) is 9.09. The molecule has 1 fully saturated rings. The Kier molecular flexibility index (Phi) is 3.47. The van der Waals surface area contributed by atoms with Crippen molar-refractivity contribution in [1.29, 1.82) is 0 Å². The summed E-state index contributed by atoms with van der Waals surface area (Å²) in [6.07, 6.45) is 5.52. The second kappa shape index (κ2) is 4.84. The first-order valence-corrected chi connectivity index (χ1v) is 6.00. The Labute approximate surface area is 96.1 Å². The summed E-state index contributed by atoms with van der Waals surface area (Å²) in [5.41, 5.74) is 2.10. The number of nitrogens with one attached hydrogen (secondary N) is 1. The lowest BCUT2D eigenvalue weighted by Gasteiger charge is -2.13. The van der Waals surface area contributed by atoms with Gasteiger partial charge in [-0.15, -0.1) is 0 Å². The van der Waals surface area contributed by atoms with E-state index in [0.717, 1.165) is 23.8 Å². The summed E-state index contributed by atoms with van der Waals surface area (Å²) in [6, 6.07) is 3.85. The van der Waals surface area contributed by atoms with Crippen LogP contribution in [0, 0.1) is 12.8 Å². The highest BCUT2D eigenvalue weighted by atomic mass is 35.5. The zero-order chi connectivity index (χ0) is 10.7. The lowest BCUT2D eigenvalue weighted by molar-refractivity contribution is 0.579. The van der Waals surface area contributed by atoms with Crippen molar-refractivity contribution in [1.82, 2.24) is 4.98 Å². The lowest BCUT2D eigenvalue weighted by atomic mass is 10.1. The molecule has 1 aliphatic rings. The van der Waals surface area contributed by atoms with Gasteiger partial charge in [0.05, 0.1) is 11.4 Å². The summed E-state index contributed by atoms with van der Waals surface area (Å²) in [5, 5.41) is 4.03. The van der Waals surface area contributed by atoms with Crippen molar-refractivity contribution >= 4 is 17.3 Å². The molecule has 1 N–H and O–H groups in total. The summed E-state index contributed by atoms with van der Waals surface area (Å²) in [4.78, 5) is 4.22. The third-order valence-electron chi connectivity index (χ3n) is 3.11. The molecule has 1 heterocycles. The molecule has 2 nitrogen and oxygen atoms in total. The molecule has 2 rings (SSSR count). The highest BCUT2D eigenvalue weighted by molar-refractivity contribution is 6.29. The second-order valence-electron chi connectivity index (χ2n) is 4.30. The summed E-state index contributed by atoms with van der Waals surface area (Å²) in [6.45, 7) is 3.06. The smallest absolute Gasteiger partial charge is 0.129 e. The van der Waals surface area contributed by atoms with Gasteiger partial charge in [0.1, 0.15) is 5.15 Å². The summed E-state index contributed by atoms with van der Waals surface area (Å²) in [7, 11) is 0. The summed E-state index contributed by atoms with van der Waals surface area (Å²) >= 11 is 5.81. The predicted molar refractivity (Wildman–Crippen MR) is 64.4 cm³/mol. The molecule has 0 bridgehead atoms. The molecule has 0 aromatic carbocycles. The van der Waals surface area contributed by atoms with E-state index in [0.29, 0.717) is 5.15 Å². The number of aryl methyl sites for hydroxylation is 1. The molecule has 0 atom stereocenters. The third kappa shape index (κ3) is 2.85. The van der Waals surface area contributed by atoms with Crippen molar-refractivity contribution < 1.29 is 0 Å². The van der Waals surface area contributed by atoms with Crippen molar-refractivity contribution in [3.05, 3.63) is 23.0 Å². The fourth-order valence-corrected chi connectivity index (χ4v) is 2.38. The topological polar surface area (TPSA) is 24.9 Å². The molecular weight excluding hydrogens is 208 g/mol. The minimum Gasteiger partial charge on any atom is -0.383 e. The summed E-state index contributed by atoms with van der Waals surface area (Å²) < 4.78 is 0. The van der Waals surface area contributed by atoms with E-state index in [9.17, 15) is 0 Å². The molecule has 1 aromatic heterocycles. The number of halogens is 1. The average molecular weight is 225 g/mol. The van der Waals surface area contributed by atoms with E-state index in [4.69, 9.17) is 11.6 Å². The fourth-order valence-electron chi connectivity index (χ4n) is 2.19. The average Bonchev–Trinajstić information content (AvgIpc) is 2.69. The zero-order valence-corrected chi connectivity index (χ0v) is 9.85. The first kappa shape index (κ1) is 10.7. The number of aromatic nitrogens is 1. The molecule has 1 aromatic rings. The number of anilines is 1. The van der Waals surface area contributed by atoms with E-state index < -0.39 is 0 Å². The molecule has 0 spiro atoms. The van der Waals surface area contributed by atoms with Gasteiger partial charge in [-0.3, -0.25) is 0 Å². The molecule has 0 aliphatic heterocycles.